The Bertz CT molecular complexity index is 509. The first kappa shape index (κ1) is 12.4. The molecule has 88 valence electrons. The first-order valence-corrected chi connectivity index (χ1v) is 6.07. The van der Waals surface area contributed by atoms with E-state index < -0.39 is 15.8 Å². The summed E-state index contributed by atoms with van der Waals surface area (Å²) in [7, 11) is -2.51. The molecule has 0 atom stereocenters. The van der Waals surface area contributed by atoms with Crippen LogP contribution in [-0.2, 0) is 14.6 Å². The van der Waals surface area contributed by atoms with Gasteiger partial charge in [0.2, 0.25) is 0 Å². The Hall–Kier alpha value is -1.63. The van der Waals surface area contributed by atoms with Gasteiger partial charge in [-0.25, -0.2) is 18.2 Å². The summed E-state index contributed by atoms with van der Waals surface area (Å²) in [6.45, 7) is 1.43. The molecule has 1 aromatic rings. The average molecular weight is 245 g/mol. The van der Waals surface area contributed by atoms with E-state index in [0.717, 1.165) is 19.4 Å². The van der Waals surface area contributed by atoms with Crippen LogP contribution in [0.15, 0.2) is 17.2 Å². The fourth-order valence-corrected chi connectivity index (χ4v) is 2.12. The second-order valence-electron chi connectivity index (χ2n) is 2.94. The average Bonchev–Trinajstić information content (AvgIpc) is 2.28. The van der Waals surface area contributed by atoms with Crippen LogP contribution in [0.1, 0.15) is 17.4 Å². The van der Waals surface area contributed by atoms with Crippen molar-refractivity contribution in [1.29, 1.82) is 0 Å². The number of hydrogen-bond donors (Lipinski definition) is 1. The number of carbonyl (C=O) groups is 1. The van der Waals surface area contributed by atoms with Gasteiger partial charge in [0.05, 0.1) is 19.1 Å². The number of hydrogen-bond acceptors (Lipinski definition) is 6. The van der Waals surface area contributed by atoms with Gasteiger partial charge in [-0.15, -0.1) is 0 Å². The van der Waals surface area contributed by atoms with Crippen molar-refractivity contribution in [3.8, 4) is 5.75 Å². The molecule has 0 aliphatic carbocycles. The van der Waals surface area contributed by atoms with Gasteiger partial charge in [0.25, 0.3) is 0 Å². The lowest BCUT2D eigenvalue weighted by atomic mass is 10.3. The third-order valence-corrected chi connectivity index (χ3v) is 3.67. The molecule has 0 saturated heterocycles. The van der Waals surface area contributed by atoms with Crippen LogP contribution in [0.3, 0.4) is 0 Å². The van der Waals surface area contributed by atoms with Crippen molar-refractivity contribution in [1.82, 2.24) is 4.98 Å². The highest BCUT2D eigenvalue weighted by Gasteiger charge is 2.23. The molecule has 0 aromatic carbocycles. The molecule has 0 spiro atoms. The van der Waals surface area contributed by atoms with Gasteiger partial charge in [-0.3, -0.25) is 0 Å². The normalized spacial score (nSPS) is 11.1. The summed E-state index contributed by atoms with van der Waals surface area (Å²) in [5.41, 5.74) is -0.317. The molecule has 1 aromatic heterocycles. The number of pyridine rings is 1. The number of methoxy groups -OCH3 is 1. The molecule has 6 nitrogen and oxygen atoms in total. The SMILES string of the molecule is CCS(=O)(=O)c1cc(O)cnc1C(=O)OC. The van der Waals surface area contributed by atoms with Crippen LogP contribution < -0.4 is 0 Å². The molecule has 0 aliphatic rings. The lowest BCUT2D eigenvalue weighted by Gasteiger charge is -2.06. The van der Waals surface area contributed by atoms with E-state index in [4.69, 9.17) is 0 Å². The predicted molar refractivity (Wildman–Crippen MR) is 55.0 cm³/mol. The number of sulfone groups is 1. The van der Waals surface area contributed by atoms with Crippen molar-refractivity contribution in [3.05, 3.63) is 18.0 Å². The standard InChI is InChI=1S/C9H11NO5S/c1-3-16(13,14)7-4-6(11)5-10-8(7)9(12)15-2/h4-5,11H,3H2,1-2H3. The molecule has 0 amide bonds. The molecule has 0 aliphatic heterocycles. The fourth-order valence-electron chi connectivity index (χ4n) is 1.08. The van der Waals surface area contributed by atoms with Gasteiger partial charge < -0.3 is 9.84 Å². The highest BCUT2D eigenvalue weighted by Crippen LogP contribution is 2.20. The first-order valence-electron chi connectivity index (χ1n) is 4.42. The second-order valence-corrected chi connectivity index (χ2v) is 5.18. The number of rotatable bonds is 3. The summed E-state index contributed by atoms with van der Waals surface area (Å²) in [4.78, 5) is 14.5. The number of aromatic nitrogens is 1. The van der Waals surface area contributed by atoms with E-state index in [9.17, 15) is 18.3 Å². The quantitative estimate of drug-likeness (QED) is 0.773. The van der Waals surface area contributed by atoms with Crippen molar-refractivity contribution >= 4 is 15.8 Å². The molecule has 0 radical (unpaired) electrons. The molecule has 1 heterocycles. The summed E-state index contributed by atoms with van der Waals surface area (Å²) in [6.07, 6.45) is 0.987. The Morgan fingerprint density at radius 3 is 2.69 bits per heavy atom. The third kappa shape index (κ3) is 2.30. The zero-order valence-corrected chi connectivity index (χ0v) is 9.61. The Morgan fingerprint density at radius 2 is 2.19 bits per heavy atom. The third-order valence-electron chi connectivity index (χ3n) is 1.93. The van der Waals surface area contributed by atoms with Crippen molar-refractivity contribution in [2.75, 3.05) is 12.9 Å². The van der Waals surface area contributed by atoms with Gasteiger partial charge in [-0.05, 0) is 0 Å². The number of ether oxygens (including phenoxy) is 1. The Kier molecular flexibility index (Phi) is 3.48. The van der Waals surface area contributed by atoms with Crippen LogP contribution in [0, 0.1) is 0 Å². The van der Waals surface area contributed by atoms with Crippen molar-refractivity contribution in [2.24, 2.45) is 0 Å². The molecular formula is C9H11NO5S. The molecule has 0 fully saturated rings. The lowest BCUT2D eigenvalue weighted by molar-refractivity contribution is 0.0589. The first-order chi connectivity index (χ1) is 7.42. The minimum atomic E-state index is -3.63. The summed E-state index contributed by atoms with van der Waals surface area (Å²) in [5.74, 6) is -1.37. The maximum Gasteiger partial charge on any atom is 0.358 e. The molecule has 1 rings (SSSR count). The number of esters is 1. The largest absolute Gasteiger partial charge is 0.506 e. The van der Waals surface area contributed by atoms with E-state index in [1.807, 2.05) is 0 Å². The smallest absolute Gasteiger partial charge is 0.358 e. The van der Waals surface area contributed by atoms with Gasteiger partial charge in [0.1, 0.15) is 10.6 Å². The second kappa shape index (κ2) is 4.48. The zero-order valence-electron chi connectivity index (χ0n) is 8.80. The van der Waals surface area contributed by atoms with E-state index in [2.05, 4.69) is 9.72 Å². The van der Waals surface area contributed by atoms with Crippen LogP contribution in [0.4, 0.5) is 0 Å². The van der Waals surface area contributed by atoms with E-state index in [1.54, 1.807) is 0 Å². The number of aromatic hydroxyl groups is 1. The summed E-state index contributed by atoms with van der Waals surface area (Å²) in [6, 6.07) is 0.984. The lowest BCUT2D eigenvalue weighted by Crippen LogP contribution is -2.14. The summed E-state index contributed by atoms with van der Waals surface area (Å²) < 4.78 is 27.7. The maximum absolute atomic E-state index is 11.6. The minimum absolute atomic E-state index is 0.192. The van der Waals surface area contributed by atoms with Crippen LogP contribution in [-0.4, -0.2) is 37.3 Å². The molecule has 0 bridgehead atoms. The fraction of sp³-hybridized carbons (Fsp3) is 0.333. The molecule has 1 N–H and O–H groups in total. The van der Waals surface area contributed by atoms with Gasteiger partial charge in [0, 0.05) is 6.07 Å². The van der Waals surface area contributed by atoms with Gasteiger partial charge in [-0.2, -0.15) is 0 Å². The summed E-state index contributed by atoms with van der Waals surface area (Å²) in [5, 5.41) is 9.17. The Morgan fingerprint density at radius 1 is 1.56 bits per heavy atom. The molecule has 7 heteroatoms. The van der Waals surface area contributed by atoms with Crippen LogP contribution >= 0.6 is 0 Å². The monoisotopic (exact) mass is 245 g/mol. The highest BCUT2D eigenvalue weighted by atomic mass is 32.2. The maximum atomic E-state index is 11.6. The van der Waals surface area contributed by atoms with Gasteiger partial charge >= 0.3 is 5.97 Å². The topological polar surface area (TPSA) is 93.6 Å². The van der Waals surface area contributed by atoms with E-state index in [-0.39, 0.29) is 22.1 Å². The van der Waals surface area contributed by atoms with Gasteiger partial charge in [0.15, 0.2) is 15.5 Å². The van der Waals surface area contributed by atoms with Crippen LogP contribution in [0.2, 0.25) is 0 Å². The van der Waals surface area contributed by atoms with E-state index >= 15 is 0 Å². The number of nitrogens with zero attached hydrogens (tertiary/aromatic N) is 1. The number of carbonyl (C=O) groups excluding carboxylic acids is 1. The highest BCUT2D eigenvalue weighted by molar-refractivity contribution is 7.91. The van der Waals surface area contributed by atoms with E-state index in [1.165, 1.54) is 6.92 Å². The molecule has 0 saturated carbocycles. The van der Waals surface area contributed by atoms with Gasteiger partial charge in [-0.1, -0.05) is 6.92 Å². The van der Waals surface area contributed by atoms with Crippen LogP contribution in [0.5, 0.6) is 5.75 Å². The van der Waals surface area contributed by atoms with Crippen molar-refractivity contribution < 1.29 is 23.1 Å². The Balaban J connectivity index is 3.47. The zero-order chi connectivity index (χ0) is 12.3. The van der Waals surface area contributed by atoms with Crippen molar-refractivity contribution in [2.45, 2.75) is 11.8 Å². The molecule has 0 unspecified atom stereocenters. The molecular weight excluding hydrogens is 234 g/mol. The van der Waals surface area contributed by atoms with Crippen LogP contribution in [0.25, 0.3) is 0 Å². The summed E-state index contributed by atoms with van der Waals surface area (Å²) >= 11 is 0. The van der Waals surface area contributed by atoms with Crippen molar-refractivity contribution in [3.63, 3.8) is 0 Å². The minimum Gasteiger partial charge on any atom is -0.506 e. The predicted octanol–water partition coefficient (Wildman–Crippen LogP) is 0.367. The van der Waals surface area contributed by atoms with E-state index in [0.29, 0.717) is 0 Å². The molecule has 16 heavy (non-hydrogen) atoms. The Labute approximate surface area is 92.8 Å².